The van der Waals surface area contributed by atoms with Crippen molar-refractivity contribution in [2.75, 3.05) is 7.11 Å². The Bertz CT molecular complexity index is 895. The van der Waals surface area contributed by atoms with Crippen LogP contribution in [0.25, 0.3) is 0 Å². The van der Waals surface area contributed by atoms with Crippen LogP contribution in [0.2, 0.25) is 0 Å². The number of amidine groups is 1. The third kappa shape index (κ3) is 4.91. The predicted molar refractivity (Wildman–Crippen MR) is 89.0 cm³/mol. The van der Waals surface area contributed by atoms with Crippen LogP contribution in [0.5, 0.6) is 0 Å². The van der Waals surface area contributed by atoms with Crippen LogP contribution in [0.15, 0.2) is 39.4 Å². The first-order valence-corrected chi connectivity index (χ1v) is 7.69. The average Bonchev–Trinajstić information content (AvgIpc) is 2.93. The van der Waals surface area contributed by atoms with Gasteiger partial charge in [0, 0.05) is 6.08 Å². The van der Waals surface area contributed by atoms with Crippen LogP contribution < -0.4 is 5.32 Å². The molecule has 2 rings (SSSR count). The molecule has 1 fully saturated rings. The van der Waals surface area contributed by atoms with Crippen molar-refractivity contribution in [3.8, 4) is 0 Å². The number of esters is 1. The molecule has 0 aromatic heterocycles. The van der Waals surface area contributed by atoms with E-state index in [9.17, 15) is 32.9 Å². The summed E-state index contributed by atoms with van der Waals surface area (Å²) in [7, 11) is 1.12. The van der Waals surface area contributed by atoms with E-state index in [1.807, 2.05) is 0 Å². The van der Waals surface area contributed by atoms with Gasteiger partial charge in [-0.1, -0.05) is 6.07 Å². The molecule has 27 heavy (non-hydrogen) atoms. The number of alkyl halides is 3. The lowest BCUT2D eigenvalue weighted by Crippen LogP contribution is -2.19. The number of nitrogens with one attached hydrogen (secondary N) is 1. The summed E-state index contributed by atoms with van der Waals surface area (Å²) in [5.41, 5.74) is -3.00. The molecule has 0 spiro atoms. The number of rotatable bonds is 4. The van der Waals surface area contributed by atoms with Crippen LogP contribution >= 0.6 is 11.8 Å². The number of nitro groups is 1. The Kier molecular flexibility index (Phi) is 5.95. The lowest BCUT2D eigenvalue weighted by Gasteiger charge is -2.08. The normalized spacial score (nSPS) is 17.6. The van der Waals surface area contributed by atoms with E-state index in [-0.39, 0.29) is 10.1 Å². The second-order valence-corrected chi connectivity index (χ2v) is 5.77. The molecule has 142 valence electrons. The number of carbonyl (C=O) groups excluding carboxylic acids is 2. The zero-order valence-electron chi connectivity index (χ0n) is 13.3. The second kappa shape index (κ2) is 7.99. The number of benzene rings is 1. The second-order valence-electron chi connectivity index (χ2n) is 4.74. The van der Waals surface area contributed by atoms with E-state index in [0.29, 0.717) is 6.07 Å². The quantitative estimate of drug-likeness (QED) is 0.271. The number of para-hydroxylation sites is 1. The summed E-state index contributed by atoms with van der Waals surface area (Å²) >= 11 is 0.738. The number of ether oxygens (including phenoxy) is 1. The summed E-state index contributed by atoms with van der Waals surface area (Å²) in [4.78, 5) is 32.6. The highest BCUT2D eigenvalue weighted by Crippen LogP contribution is 2.37. The first-order chi connectivity index (χ1) is 12.6. The number of hydrogen-bond donors (Lipinski definition) is 1. The molecule has 0 saturated carbocycles. The van der Waals surface area contributed by atoms with Gasteiger partial charge in [-0.2, -0.15) is 18.3 Å². The minimum Gasteiger partial charge on any atom is -0.466 e. The van der Waals surface area contributed by atoms with Crippen LogP contribution in [-0.4, -0.2) is 35.3 Å². The highest BCUT2D eigenvalue weighted by Gasteiger charge is 2.39. The van der Waals surface area contributed by atoms with E-state index in [2.05, 4.69) is 20.3 Å². The summed E-state index contributed by atoms with van der Waals surface area (Å²) in [6.45, 7) is 0. The molecule has 1 aromatic rings. The summed E-state index contributed by atoms with van der Waals surface area (Å²) in [6.07, 6.45) is -3.24. The first kappa shape index (κ1) is 20.1. The Morgan fingerprint density at radius 2 is 2.11 bits per heavy atom. The largest absolute Gasteiger partial charge is 0.466 e. The molecule has 0 aliphatic carbocycles. The van der Waals surface area contributed by atoms with Crippen LogP contribution in [-0.2, 0) is 20.5 Å². The van der Waals surface area contributed by atoms with Crippen molar-refractivity contribution in [2.24, 2.45) is 10.2 Å². The van der Waals surface area contributed by atoms with Crippen molar-refractivity contribution >= 4 is 40.7 Å². The number of nitrogens with zero attached hydrogens (tertiary/aromatic N) is 3. The highest BCUT2D eigenvalue weighted by molar-refractivity contribution is 8.18. The van der Waals surface area contributed by atoms with Gasteiger partial charge in [-0.05, 0) is 23.9 Å². The molecule has 0 unspecified atom stereocenters. The van der Waals surface area contributed by atoms with Gasteiger partial charge in [-0.25, -0.2) is 4.79 Å². The van der Waals surface area contributed by atoms with E-state index in [1.165, 1.54) is 0 Å². The maximum Gasteiger partial charge on any atom is 0.423 e. The van der Waals surface area contributed by atoms with Crippen molar-refractivity contribution in [2.45, 2.75) is 6.18 Å². The van der Waals surface area contributed by atoms with Gasteiger partial charge in [-0.3, -0.25) is 20.2 Å². The fourth-order valence-corrected chi connectivity index (χ4v) is 2.62. The van der Waals surface area contributed by atoms with E-state index >= 15 is 0 Å². The molecule has 1 saturated heterocycles. The lowest BCUT2D eigenvalue weighted by atomic mass is 10.1. The Balaban J connectivity index is 2.28. The Labute approximate surface area is 153 Å². The maximum absolute atomic E-state index is 12.9. The van der Waals surface area contributed by atoms with Gasteiger partial charge in [0.2, 0.25) is 0 Å². The third-order valence-corrected chi connectivity index (χ3v) is 3.90. The molecule has 1 aliphatic heterocycles. The molecule has 13 heteroatoms. The van der Waals surface area contributed by atoms with Gasteiger partial charge >= 0.3 is 12.1 Å². The number of amides is 1. The number of thioether (sulfide) groups is 1. The average molecular weight is 402 g/mol. The molecular weight excluding hydrogens is 393 g/mol. The smallest absolute Gasteiger partial charge is 0.423 e. The van der Waals surface area contributed by atoms with Gasteiger partial charge < -0.3 is 4.74 Å². The van der Waals surface area contributed by atoms with E-state index in [1.54, 1.807) is 0 Å². The number of carbonyl (C=O) groups is 2. The zero-order chi connectivity index (χ0) is 20.2. The van der Waals surface area contributed by atoms with Crippen molar-refractivity contribution in [1.29, 1.82) is 0 Å². The minimum absolute atomic E-state index is 0.0270. The number of halogens is 3. The summed E-state index contributed by atoms with van der Waals surface area (Å²) < 4.78 is 43.1. The van der Waals surface area contributed by atoms with E-state index in [0.717, 1.165) is 43.3 Å². The fraction of sp³-hybridized carbons (Fsp3) is 0.143. The van der Waals surface area contributed by atoms with Crippen molar-refractivity contribution in [3.05, 3.63) is 50.4 Å². The summed E-state index contributed by atoms with van der Waals surface area (Å²) in [5, 5.41) is 20.3. The monoisotopic (exact) mass is 402 g/mol. The Morgan fingerprint density at radius 1 is 1.41 bits per heavy atom. The van der Waals surface area contributed by atoms with Gasteiger partial charge in [-0.15, -0.1) is 5.10 Å². The standard InChI is InChI=1S/C14H9F3N4O5S/c1-26-10(22)5-9-12(23)19-13(27-9)20-18-6-7-3-2-4-8(14(15,16)17)11(7)21(24)25/h2-6H,1H3,(H,19,20,23)/b9-5+,18-6?. The number of nitro benzene ring substituents is 1. The SMILES string of the molecule is COC(=O)/C=C1/S/C(=N\N=Cc2cccc(C(F)(F)F)c2[N+](=O)[O-])NC1=O. The molecular formula is C14H9F3N4O5S. The molecule has 1 amide bonds. The number of hydrogen-bond acceptors (Lipinski definition) is 8. The van der Waals surface area contributed by atoms with Crippen LogP contribution in [0.4, 0.5) is 18.9 Å². The number of methoxy groups -OCH3 is 1. The van der Waals surface area contributed by atoms with E-state index < -0.39 is 39.8 Å². The maximum atomic E-state index is 12.9. The van der Waals surface area contributed by atoms with Gasteiger partial charge in [0.25, 0.3) is 11.6 Å². The van der Waals surface area contributed by atoms with E-state index in [4.69, 9.17) is 0 Å². The van der Waals surface area contributed by atoms with Gasteiger partial charge in [0.1, 0.15) is 5.56 Å². The molecule has 1 N–H and O–H groups in total. The zero-order valence-corrected chi connectivity index (χ0v) is 14.1. The Morgan fingerprint density at radius 3 is 2.70 bits per heavy atom. The molecule has 0 atom stereocenters. The lowest BCUT2D eigenvalue weighted by molar-refractivity contribution is -0.388. The molecule has 1 aromatic carbocycles. The van der Waals surface area contributed by atoms with Crippen molar-refractivity contribution in [1.82, 2.24) is 5.32 Å². The topological polar surface area (TPSA) is 123 Å². The summed E-state index contributed by atoms with van der Waals surface area (Å²) in [5.74, 6) is -1.42. The summed E-state index contributed by atoms with van der Waals surface area (Å²) in [6, 6.07) is 2.64. The first-order valence-electron chi connectivity index (χ1n) is 6.88. The fourth-order valence-electron chi connectivity index (χ4n) is 1.88. The predicted octanol–water partition coefficient (Wildman–Crippen LogP) is 2.22. The van der Waals surface area contributed by atoms with Gasteiger partial charge in [0.05, 0.1) is 28.7 Å². The third-order valence-electron chi connectivity index (χ3n) is 3.00. The van der Waals surface area contributed by atoms with Crippen molar-refractivity contribution in [3.63, 3.8) is 0 Å². The minimum atomic E-state index is -4.92. The molecule has 0 radical (unpaired) electrons. The van der Waals surface area contributed by atoms with Gasteiger partial charge in [0.15, 0.2) is 5.17 Å². The van der Waals surface area contributed by atoms with Crippen LogP contribution in [0.1, 0.15) is 11.1 Å². The van der Waals surface area contributed by atoms with Crippen LogP contribution in [0.3, 0.4) is 0 Å². The molecule has 1 heterocycles. The molecule has 1 aliphatic rings. The highest BCUT2D eigenvalue weighted by atomic mass is 32.2. The Hall–Kier alpha value is -3.22. The molecule has 0 bridgehead atoms. The van der Waals surface area contributed by atoms with Crippen LogP contribution in [0, 0.1) is 10.1 Å². The molecule has 9 nitrogen and oxygen atoms in total. The van der Waals surface area contributed by atoms with Crippen molar-refractivity contribution < 1.29 is 32.4 Å².